The van der Waals surface area contributed by atoms with E-state index in [0.717, 1.165) is 16.5 Å². The van der Waals surface area contributed by atoms with Gasteiger partial charge in [0.2, 0.25) is 0 Å². The van der Waals surface area contributed by atoms with Gasteiger partial charge in [0, 0.05) is 18.1 Å². The summed E-state index contributed by atoms with van der Waals surface area (Å²) < 4.78 is 0. The van der Waals surface area contributed by atoms with Crippen LogP contribution in [0.5, 0.6) is 0 Å². The first-order valence-corrected chi connectivity index (χ1v) is 9.09. The Bertz CT molecular complexity index is 1210. The standard InChI is InChI=1S/C20H19N7O2/c1-2-27(11-16-13-6-4-3-5-12(13)7-8-22-16)20(29)19(28)25-15-10-23-18(21)14-9-24-26-17(14)15/h3-10H,2,11H2,1H3,(H2,21,23)(H,24,26)(H,25,28). The smallest absolute Gasteiger partial charge is 0.314 e. The van der Waals surface area contributed by atoms with Crippen LogP contribution in [0.3, 0.4) is 0 Å². The maximum absolute atomic E-state index is 12.8. The number of rotatable bonds is 4. The van der Waals surface area contributed by atoms with E-state index in [-0.39, 0.29) is 12.4 Å². The molecule has 4 rings (SSSR count). The maximum atomic E-state index is 12.8. The fourth-order valence-electron chi connectivity index (χ4n) is 3.18. The van der Waals surface area contributed by atoms with E-state index in [0.29, 0.717) is 23.1 Å². The van der Waals surface area contributed by atoms with Crippen LogP contribution in [0.2, 0.25) is 0 Å². The van der Waals surface area contributed by atoms with Gasteiger partial charge in [0.25, 0.3) is 0 Å². The lowest BCUT2D eigenvalue weighted by Crippen LogP contribution is -2.39. The summed E-state index contributed by atoms with van der Waals surface area (Å²) in [5.74, 6) is -1.14. The van der Waals surface area contributed by atoms with E-state index < -0.39 is 11.8 Å². The number of nitrogens with zero attached hydrogens (tertiary/aromatic N) is 4. The molecule has 3 heterocycles. The molecular weight excluding hydrogens is 370 g/mol. The van der Waals surface area contributed by atoms with E-state index in [1.54, 1.807) is 6.20 Å². The summed E-state index contributed by atoms with van der Waals surface area (Å²) in [6.45, 7) is 2.40. The number of fused-ring (bicyclic) bond motifs is 2. The van der Waals surface area contributed by atoms with Crippen LogP contribution in [0, 0.1) is 0 Å². The molecule has 0 spiro atoms. The fraction of sp³-hybridized carbons (Fsp3) is 0.150. The van der Waals surface area contributed by atoms with Crippen molar-refractivity contribution in [1.82, 2.24) is 25.1 Å². The van der Waals surface area contributed by atoms with Gasteiger partial charge in [-0.3, -0.25) is 19.7 Å². The van der Waals surface area contributed by atoms with Crippen molar-refractivity contribution in [3.05, 3.63) is 54.6 Å². The van der Waals surface area contributed by atoms with Gasteiger partial charge in [0.05, 0.1) is 41.2 Å². The second kappa shape index (κ2) is 7.55. The zero-order valence-electron chi connectivity index (χ0n) is 15.7. The molecule has 0 atom stereocenters. The Balaban J connectivity index is 1.56. The van der Waals surface area contributed by atoms with Crippen LogP contribution in [0.15, 0.2) is 48.9 Å². The lowest BCUT2D eigenvalue weighted by molar-refractivity contribution is -0.143. The van der Waals surface area contributed by atoms with E-state index >= 15 is 0 Å². The molecule has 9 heteroatoms. The van der Waals surface area contributed by atoms with Crippen LogP contribution in [0.4, 0.5) is 11.5 Å². The maximum Gasteiger partial charge on any atom is 0.314 e. The third kappa shape index (κ3) is 3.45. The second-order valence-electron chi connectivity index (χ2n) is 6.47. The van der Waals surface area contributed by atoms with Gasteiger partial charge >= 0.3 is 11.8 Å². The van der Waals surface area contributed by atoms with Gasteiger partial charge in [-0.15, -0.1) is 0 Å². The molecule has 0 unspecified atom stereocenters. The molecule has 4 N–H and O–H groups in total. The number of benzene rings is 1. The van der Waals surface area contributed by atoms with Gasteiger partial charge in [-0.2, -0.15) is 5.10 Å². The first-order chi connectivity index (χ1) is 14.1. The Hall–Kier alpha value is -4.01. The number of aromatic nitrogens is 4. The number of nitrogen functional groups attached to an aromatic ring is 1. The second-order valence-corrected chi connectivity index (χ2v) is 6.47. The van der Waals surface area contributed by atoms with Crippen LogP contribution >= 0.6 is 0 Å². The van der Waals surface area contributed by atoms with Gasteiger partial charge in [0.15, 0.2) is 0 Å². The lowest BCUT2D eigenvalue weighted by Gasteiger charge is -2.20. The van der Waals surface area contributed by atoms with Gasteiger partial charge in [-0.1, -0.05) is 24.3 Å². The minimum atomic E-state index is -0.769. The molecule has 0 fully saturated rings. The van der Waals surface area contributed by atoms with Crippen LogP contribution < -0.4 is 11.1 Å². The van der Waals surface area contributed by atoms with Crippen molar-refractivity contribution in [3.63, 3.8) is 0 Å². The average molecular weight is 389 g/mol. The number of carbonyl (C=O) groups excluding carboxylic acids is 2. The highest BCUT2D eigenvalue weighted by atomic mass is 16.2. The summed E-state index contributed by atoms with van der Waals surface area (Å²) in [4.78, 5) is 35.2. The number of pyridine rings is 2. The lowest BCUT2D eigenvalue weighted by atomic mass is 10.1. The molecule has 0 saturated heterocycles. The number of anilines is 2. The largest absolute Gasteiger partial charge is 0.383 e. The van der Waals surface area contributed by atoms with E-state index in [1.165, 1.54) is 17.3 Å². The van der Waals surface area contributed by atoms with Crippen molar-refractivity contribution in [2.45, 2.75) is 13.5 Å². The number of likely N-dealkylation sites (N-methyl/N-ethyl adjacent to an activating group) is 1. The normalized spacial score (nSPS) is 10.9. The van der Waals surface area contributed by atoms with Crippen molar-refractivity contribution in [3.8, 4) is 0 Å². The third-order valence-electron chi connectivity index (χ3n) is 4.73. The Morgan fingerprint density at radius 3 is 2.79 bits per heavy atom. The molecule has 0 aliphatic rings. The summed E-state index contributed by atoms with van der Waals surface area (Å²) in [7, 11) is 0. The van der Waals surface area contributed by atoms with Crippen LogP contribution in [0.1, 0.15) is 12.6 Å². The summed E-state index contributed by atoms with van der Waals surface area (Å²) >= 11 is 0. The summed E-state index contributed by atoms with van der Waals surface area (Å²) in [5, 5.41) is 11.8. The first-order valence-electron chi connectivity index (χ1n) is 9.09. The number of aromatic amines is 1. The molecule has 29 heavy (non-hydrogen) atoms. The van der Waals surface area contributed by atoms with Crippen LogP contribution in [-0.4, -0.2) is 43.4 Å². The molecule has 146 valence electrons. The van der Waals surface area contributed by atoms with Crippen LogP contribution in [0.25, 0.3) is 21.7 Å². The highest BCUT2D eigenvalue weighted by molar-refractivity contribution is 6.40. The molecule has 9 nitrogen and oxygen atoms in total. The minimum absolute atomic E-state index is 0.226. The highest BCUT2D eigenvalue weighted by Gasteiger charge is 2.23. The number of amides is 2. The first kappa shape index (κ1) is 18.4. The molecule has 0 bridgehead atoms. The third-order valence-corrected chi connectivity index (χ3v) is 4.73. The number of nitrogens with two attached hydrogens (primary N) is 1. The van der Waals surface area contributed by atoms with Gasteiger partial charge in [0.1, 0.15) is 5.82 Å². The van der Waals surface area contributed by atoms with E-state index in [9.17, 15) is 9.59 Å². The van der Waals surface area contributed by atoms with Crippen molar-refractivity contribution in [2.24, 2.45) is 0 Å². The Morgan fingerprint density at radius 1 is 1.14 bits per heavy atom. The van der Waals surface area contributed by atoms with Crippen molar-refractivity contribution < 1.29 is 9.59 Å². The summed E-state index contributed by atoms with van der Waals surface area (Å²) in [6, 6.07) is 9.70. The Kier molecular flexibility index (Phi) is 4.78. The number of hydrogen-bond donors (Lipinski definition) is 3. The fourth-order valence-corrected chi connectivity index (χ4v) is 3.18. The number of hydrogen-bond acceptors (Lipinski definition) is 6. The number of carbonyl (C=O) groups is 2. The monoisotopic (exact) mass is 389 g/mol. The van der Waals surface area contributed by atoms with Crippen molar-refractivity contribution in [2.75, 3.05) is 17.6 Å². The van der Waals surface area contributed by atoms with Gasteiger partial charge in [-0.05, 0) is 18.4 Å². The minimum Gasteiger partial charge on any atom is -0.383 e. The van der Waals surface area contributed by atoms with E-state index in [1.807, 2.05) is 37.3 Å². The Morgan fingerprint density at radius 2 is 1.97 bits per heavy atom. The van der Waals surface area contributed by atoms with Crippen molar-refractivity contribution in [1.29, 1.82) is 0 Å². The van der Waals surface area contributed by atoms with Gasteiger partial charge < -0.3 is 16.0 Å². The number of nitrogens with one attached hydrogen (secondary N) is 2. The predicted molar refractivity (Wildman–Crippen MR) is 110 cm³/mol. The number of H-pyrrole nitrogens is 1. The SMILES string of the molecule is CCN(Cc1nccc2ccccc12)C(=O)C(=O)Nc1cnc(N)c2cn[nH]c12. The molecule has 0 aliphatic heterocycles. The highest BCUT2D eigenvalue weighted by Crippen LogP contribution is 2.24. The molecule has 0 radical (unpaired) electrons. The summed E-state index contributed by atoms with van der Waals surface area (Å²) in [5.41, 5.74) is 7.38. The molecular formula is C20H19N7O2. The topological polar surface area (TPSA) is 130 Å². The Labute approximate surface area is 165 Å². The molecule has 0 saturated carbocycles. The molecule has 3 aromatic heterocycles. The van der Waals surface area contributed by atoms with E-state index in [4.69, 9.17) is 5.73 Å². The van der Waals surface area contributed by atoms with E-state index in [2.05, 4.69) is 25.5 Å². The van der Waals surface area contributed by atoms with Gasteiger partial charge in [-0.25, -0.2) is 4.98 Å². The van der Waals surface area contributed by atoms with Crippen LogP contribution in [-0.2, 0) is 16.1 Å². The zero-order chi connectivity index (χ0) is 20.4. The van der Waals surface area contributed by atoms with Crippen molar-refractivity contribution >= 4 is 45.0 Å². The molecule has 1 aromatic carbocycles. The zero-order valence-corrected chi connectivity index (χ0v) is 15.7. The molecule has 4 aromatic rings. The quantitative estimate of drug-likeness (QED) is 0.458. The average Bonchev–Trinajstić information content (AvgIpc) is 3.24. The predicted octanol–water partition coefficient (Wildman–Crippen LogP) is 2.08. The molecule has 0 aliphatic carbocycles. The molecule has 2 amide bonds. The summed E-state index contributed by atoms with van der Waals surface area (Å²) in [6.07, 6.45) is 4.61.